The molecule has 2 atom stereocenters. The Hall–Kier alpha value is -3.70. The number of hydrogen-bond acceptors (Lipinski definition) is 8. The molecule has 1 aliphatic rings. The van der Waals surface area contributed by atoms with Gasteiger partial charge in [-0.05, 0) is 43.7 Å². The number of anilines is 2. The van der Waals surface area contributed by atoms with Crippen molar-refractivity contribution < 1.29 is 27.1 Å². The van der Waals surface area contributed by atoms with Gasteiger partial charge in [-0.1, -0.05) is 5.92 Å². The fourth-order valence-electron chi connectivity index (χ4n) is 4.00. The number of hydrogen-bond donors (Lipinski definition) is 3. The van der Waals surface area contributed by atoms with Crippen LogP contribution >= 0.6 is 11.8 Å². The van der Waals surface area contributed by atoms with E-state index >= 15 is 0 Å². The second-order valence-electron chi connectivity index (χ2n) is 8.51. The molecule has 0 bridgehead atoms. The minimum atomic E-state index is -4.58. The number of alkyl halides is 4. The number of amides is 1. The number of halogens is 4. The highest BCUT2D eigenvalue weighted by molar-refractivity contribution is 8.00. The molecule has 0 spiro atoms. The number of imidazole rings is 1. The number of thioether (sulfide) groups is 1. The van der Waals surface area contributed by atoms with E-state index in [2.05, 4.69) is 32.4 Å². The quantitative estimate of drug-likeness (QED) is 0.233. The van der Waals surface area contributed by atoms with Crippen molar-refractivity contribution in [3.05, 3.63) is 41.9 Å². The van der Waals surface area contributed by atoms with Gasteiger partial charge in [-0.15, -0.1) is 0 Å². The average molecular weight is 552 g/mol. The molecule has 1 amide bonds. The molecule has 38 heavy (non-hydrogen) atoms. The van der Waals surface area contributed by atoms with E-state index in [9.17, 15) is 22.4 Å². The van der Waals surface area contributed by atoms with Crippen molar-refractivity contribution in [2.45, 2.75) is 29.2 Å². The van der Waals surface area contributed by atoms with Crippen LogP contribution in [0.5, 0.6) is 5.75 Å². The van der Waals surface area contributed by atoms with Gasteiger partial charge in [0.2, 0.25) is 0 Å². The number of ether oxygens (including phenoxy) is 1. The zero-order chi connectivity index (χ0) is 27.4. The fourth-order valence-corrected chi connectivity index (χ4v) is 4.66. The molecule has 0 saturated carbocycles. The highest BCUT2D eigenvalue weighted by atomic mass is 32.2. The molecule has 9 nitrogen and oxygen atoms in total. The second kappa shape index (κ2) is 11.4. The minimum absolute atomic E-state index is 0.00521. The Morgan fingerprint density at radius 2 is 2.11 bits per heavy atom. The van der Waals surface area contributed by atoms with Crippen molar-refractivity contribution in [3.8, 4) is 17.6 Å². The Morgan fingerprint density at radius 1 is 1.32 bits per heavy atom. The zero-order valence-electron chi connectivity index (χ0n) is 20.5. The molecule has 0 aromatic carbocycles. The summed E-state index contributed by atoms with van der Waals surface area (Å²) in [6.45, 7) is 0.909. The predicted molar refractivity (Wildman–Crippen MR) is 136 cm³/mol. The number of primary amides is 1. The van der Waals surface area contributed by atoms with Gasteiger partial charge in [0.1, 0.15) is 22.6 Å². The van der Waals surface area contributed by atoms with Crippen LogP contribution < -0.4 is 21.1 Å². The van der Waals surface area contributed by atoms with Gasteiger partial charge in [0.05, 0.1) is 25.4 Å². The molecule has 4 heterocycles. The molecule has 3 aromatic rings. The van der Waals surface area contributed by atoms with Crippen LogP contribution in [-0.2, 0) is 0 Å². The first kappa shape index (κ1) is 27.3. The van der Waals surface area contributed by atoms with Gasteiger partial charge >= 0.3 is 5.51 Å². The van der Waals surface area contributed by atoms with E-state index in [-0.39, 0.29) is 52.7 Å². The summed E-state index contributed by atoms with van der Waals surface area (Å²) in [7, 11) is 3.25. The van der Waals surface area contributed by atoms with Crippen LogP contribution in [0.3, 0.4) is 0 Å². The van der Waals surface area contributed by atoms with Crippen molar-refractivity contribution in [3.63, 3.8) is 0 Å². The van der Waals surface area contributed by atoms with Gasteiger partial charge in [0.25, 0.3) is 5.91 Å². The van der Waals surface area contributed by atoms with Crippen LogP contribution in [-0.4, -0.2) is 76.7 Å². The fraction of sp³-hybridized carbons (Fsp3) is 0.375. The lowest BCUT2D eigenvalue weighted by Crippen LogP contribution is -2.46. The number of nitrogens with zero attached hydrogens (tertiary/aromatic N) is 4. The molecular formula is C24H25F4N7O2S. The molecule has 4 N–H and O–H groups in total. The van der Waals surface area contributed by atoms with Crippen molar-refractivity contribution in [2.24, 2.45) is 5.73 Å². The van der Waals surface area contributed by atoms with Crippen LogP contribution in [0.2, 0.25) is 0 Å². The average Bonchev–Trinajstić information content (AvgIpc) is 3.20. The molecule has 0 aliphatic carbocycles. The van der Waals surface area contributed by atoms with Gasteiger partial charge in [0.15, 0.2) is 17.2 Å². The van der Waals surface area contributed by atoms with E-state index in [1.807, 2.05) is 11.9 Å². The Kier molecular flexibility index (Phi) is 8.17. The lowest BCUT2D eigenvalue weighted by Gasteiger charge is -2.33. The van der Waals surface area contributed by atoms with Gasteiger partial charge in [0, 0.05) is 31.0 Å². The summed E-state index contributed by atoms with van der Waals surface area (Å²) in [5.41, 5.74) is 1.22. The Labute approximate surface area is 220 Å². The van der Waals surface area contributed by atoms with Crippen LogP contribution in [0.1, 0.15) is 22.6 Å². The number of likely N-dealkylation sites (tertiary alicyclic amines) is 1. The number of nitrogens with one attached hydrogen (secondary N) is 2. The molecule has 1 aliphatic heterocycles. The van der Waals surface area contributed by atoms with Crippen molar-refractivity contribution in [2.75, 3.05) is 44.4 Å². The Bertz CT molecular complexity index is 1390. The van der Waals surface area contributed by atoms with Gasteiger partial charge < -0.3 is 26.0 Å². The van der Waals surface area contributed by atoms with Crippen LogP contribution in [0.25, 0.3) is 5.65 Å². The van der Waals surface area contributed by atoms with Gasteiger partial charge in [-0.25, -0.2) is 14.4 Å². The maximum Gasteiger partial charge on any atom is 0.447 e. The molecule has 0 unspecified atom stereocenters. The molecule has 1 fully saturated rings. The molecule has 0 radical (unpaired) electrons. The van der Waals surface area contributed by atoms with E-state index in [4.69, 9.17) is 10.5 Å². The second-order valence-corrected chi connectivity index (χ2v) is 9.57. The smallest absolute Gasteiger partial charge is 0.447 e. The molecule has 1 saturated heterocycles. The standard InChI is InChI=1S/C24H25F4N7O2S/c1-34-12-9-15(14(25)13-34)31-17-6-4-11-35-22(17)33-18(23(35)38-24(26,27)28)5-3-10-30-21-19(37-2)8-7-16(32-21)20(29)36/h4,6-8,11,14-15,31H,9-10,12-13H2,1-2H3,(H2,29,36)(H,30,32)/t14-,15+/m0/s1. The number of fused-ring (bicyclic) bond motifs is 1. The number of piperidine rings is 1. The monoisotopic (exact) mass is 551 g/mol. The normalized spacial score (nSPS) is 18.1. The van der Waals surface area contributed by atoms with E-state index in [1.54, 1.807) is 12.1 Å². The largest absolute Gasteiger partial charge is 0.493 e. The lowest BCUT2D eigenvalue weighted by atomic mass is 10.0. The summed E-state index contributed by atoms with van der Waals surface area (Å²) in [4.78, 5) is 21.7. The molecule has 3 aromatic heterocycles. The number of pyridine rings is 2. The first-order valence-corrected chi connectivity index (χ1v) is 12.3. The van der Waals surface area contributed by atoms with Crippen molar-refractivity contribution in [1.82, 2.24) is 19.3 Å². The maximum absolute atomic E-state index is 14.6. The van der Waals surface area contributed by atoms with E-state index in [1.165, 1.54) is 29.8 Å². The number of carbonyl (C=O) groups is 1. The van der Waals surface area contributed by atoms with Crippen molar-refractivity contribution >= 4 is 34.8 Å². The summed E-state index contributed by atoms with van der Waals surface area (Å²) >= 11 is -0.330. The third-order valence-electron chi connectivity index (χ3n) is 5.79. The van der Waals surface area contributed by atoms with E-state index in [0.717, 1.165) is 0 Å². The third-order valence-corrected chi connectivity index (χ3v) is 6.60. The highest BCUT2D eigenvalue weighted by Gasteiger charge is 2.33. The molecule has 202 valence electrons. The molecular weight excluding hydrogens is 526 g/mol. The van der Waals surface area contributed by atoms with E-state index < -0.39 is 23.6 Å². The lowest BCUT2D eigenvalue weighted by molar-refractivity contribution is -0.0330. The number of methoxy groups -OCH3 is 1. The zero-order valence-corrected chi connectivity index (χ0v) is 21.3. The first-order valence-electron chi connectivity index (χ1n) is 11.5. The topological polar surface area (TPSA) is 110 Å². The maximum atomic E-state index is 14.6. The summed E-state index contributed by atoms with van der Waals surface area (Å²) < 4.78 is 61.3. The first-order chi connectivity index (χ1) is 18.1. The third kappa shape index (κ3) is 6.40. The van der Waals surface area contributed by atoms with Gasteiger partial charge in [-0.2, -0.15) is 13.2 Å². The molecule has 4 rings (SSSR count). The summed E-state index contributed by atoms with van der Waals surface area (Å²) in [5, 5.41) is 5.77. The number of aromatic nitrogens is 3. The highest BCUT2D eigenvalue weighted by Crippen LogP contribution is 2.39. The van der Waals surface area contributed by atoms with E-state index in [0.29, 0.717) is 24.4 Å². The van der Waals surface area contributed by atoms with Crippen LogP contribution in [0.15, 0.2) is 35.5 Å². The summed E-state index contributed by atoms with van der Waals surface area (Å²) in [6.07, 6.45) is 0.851. The van der Waals surface area contributed by atoms with Crippen LogP contribution in [0, 0.1) is 11.8 Å². The summed E-state index contributed by atoms with van der Waals surface area (Å²) in [5.74, 6) is 5.21. The Balaban J connectivity index is 1.62. The SMILES string of the molecule is COc1ccc(C(N)=O)nc1NCC#Cc1nc2c(N[C@@H]3CCN(C)C[C@@H]3F)cccn2c1SC(F)(F)F. The predicted octanol–water partition coefficient (Wildman–Crippen LogP) is 3.37. The summed E-state index contributed by atoms with van der Waals surface area (Å²) in [6, 6.07) is 5.63. The minimum Gasteiger partial charge on any atom is -0.493 e. The molecule has 14 heteroatoms. The number of carbonyl (C=O) groups excluding carboxylic acids is 1. The van der Waals surface area contributed by atoms with Crippen LogP contribution in [0.4, 0.5) is 29.1 Å². The number of rotatable bonds is 7. The van der Waals surface area contributed by atoms with Crippen molar-refractivity contribution in [1.29, 1.82) is 0 Å². The van der Waals surface area contributed by atoms with Gasteiger partial charge in [-0.3, -0.25) is 9.20 Å². The number of nitrogens with two attached hydrogens (primary N) is 1. The Morgan fingerprint density at radius 3 is 2.79 bits per heavy atom.